The highest BCUT2D eigenvalue weighted by Crippen LogP contribution is 2.23. The van der Waals surface area contributed by atoms with Crippen molar-refractivity contribution in [2.45, 2.75) is 38.9 Å². The van der Waals surface area contributed by atoms with Crippen LogP contribution in [0.3, 0.4) is 0 Å². The maximum absolute atomic E-state index is 11.6. The summed E-state index contributed by atoms with van der Waals surface area (Å²) in [6, 6.07) is 0. The van der Waals surface area contributed by atoms with Gasteiger partial charge in [0.2, 0.25) is 0 Å². The third-order valence-electron chi connectivity index (χ3n) is 2.57. The number of nitrogens with two attached hydrogens (primary N) is 1. The second-order valence-electron chi connectivity index (χ2n) is 5.29. The minimum absolute atomic E-state index is 0.149. The number of hydrogen-bond acceptors (Lipinski definition) is 4. The zero-order valence-electron chi connectivity index (χ0n) is 10.3. The van der Waals surface area contributed by atoms with Crippen LogP contribution in [0.15, 0.2) is 0 Å². The number of likely N-dealkylation sites (tertiary alicyclic amines) is 1. The Morgan fingerprint density at radius 2 is 2.12 bits per heavy atom. The molecule has 5 heteroatoms. The van der Waals surface area contributed by atoms with Gasteiger partial charge in [-0.2, -0.15) is 0 Å². The normalized spacial score (nSPS) is 19.2. The minimum atomic E-state index is -0.460. The Bertz CT molecular complexity index is 244. The Hall–Kier alpha value is -0.810. The Labute approximate surface area is 96.6 Å². The fraction of sp³-hybridized carbons (Fsp3) is 0.909. The maximum Gasteiger partial charge on any atom is 0.410 e. The topological polar surface area (TPSA) is 75.8 Å². The first-order valence-corrected chi connectivity index (χ1v) is 5.69. The minimum Gasteiger partial charge on any atom is -0.444 e. The average molecular weight is 230 g/mol. The number of hydrogen-bond donors (Lipinski definition) is 2. The molecule has 0 radical (unpaired) electrons. The monoisotopic (exact) mass is 230 g/mol. The summed E-state index contributed by atoms with van der Waals surface area (Å²) < 4.78 is 5.21. The average Bonchev–Trinajstić information content (AvgIpc) is 1.97. The van der Waals surface area contributed by atoms with E-state index in [9.17, 15) is 9.90 Å². The van der Waals surface area contributed by atoms with E-state index in [1.807, 2.05) is 20.8 Å². The van der Waals surface area contributed by atoms with Gasteiger partial charge in [-0.05, 0) is 33.7 Å². The van der Waals surface area contributed by atoms with Crippen LogP contribution in [0.1, 0.15) is 27.2 Å². The van der Waals surface area contributed by atoms with E-state index in [0.717, 1.165) is 0 Å². The first-order chi connectivity index (χ1) is 7.33. The predicted octanol–water partition coefficient (Wildman–Crippen LogP) is 0.563. The lowest BCUT2D eigenvalue weighted by Crippen LogP contribution is -2.55. The Kier molecular flexibility index (Phi) is 4.15. The molecule has 0 aromatic rings. The van der Waals surface area contributed by atoms with Crippen molar-refractivity contribution in [3.05, 3.63) is 0 Å². The molecule has 0 aromatic carbocycles. The SMILES string of the molecule is CC(C)(C)OC(=O)N1CC([C@@H](O)CCN)C1. The van der Waals surface area contributed by atoms with Crippen LogP contribution in [0, 0.1) is 5.92 Å². The van der Waals surface area contributed by atoms with E-state index in [0.29, 0.717) is 26.1 Å². The molecule has 3 N–H and O–H groups in total. The number of carbonyl (C=O) groups is 1. The number of ether oxygens (including phenoxy) is 1. The molecule has 0 unspecified atom stereocenters. The number of nitrogens with zero attached hydrogens (tertiary/aromatic N) is 1. The molecule has 1 fully saturated rings. The second-order valence-corrected chi connectivity index (χ2v) is 5.29. The number of aliphatic hydroxyl groups excluding tert-OH is 1. The fourth-order valence-electron chi connectivity index (χ4n) is 1.64. The summed E-state index contributed by atoms with van der Waals surface area (Å²) in [5.41, 5.74) is 4.90. The lowest BCUT2D eigenvalue weighted by Gasteiger charge is -2.41. The van der Waals surface area contributed by atoms with Crippen LogP contribution in [0.25, 0.3) is 0 Å². The number of aliphatic hydroxyl groups is 1. The highest BCUT2D eigenvalue weighted by molar-refractivity contribution is 5.69. The number of carbonyl (C=O) groups excluding carboxylic acids is 1. The number of rotatable bonds is 3. The molecule has 1 heterocycles. The Balaban J connectivity index is 2.28. The first-order valence-electron chi connectivity index (χ1n) is 5.69. The molecule has 1 aliphatic heterocycles. The molecule has 1 amide bonds. The van der Waals surface area contributed by atoms with Crippen molar-refractivity contribution in [1.29, 1.82) is 0 Å². The molecule has 5 nitrogen and oxygen atoms in total. The standard InChI is InChI=1S/C11H22N2O3/c1-11(2,3)16-10(15)13-6-8(7-13)9(14)4-5-12/h8-9,14H,4-7,12H2,1-3H3/t9-/m0/s1. The molecule has 94 valence electrons. The summed E-state index contributed by atoms with van der Waals surface area (Å²) in [7, 11) is 0. The molecule has 1 aliphatic rings. The lowest BCUT2D eigenvalue weighted by atomic mass is 9.92. The molecular formula is C11H22N2O3. The van der Waals surface area contributed by atoms with Gasteiger partial charge in [-0.3, -0.25) is 0 Å². The van der Waals surface area contributed by atoms with E-state index in [2.05, 4.69) is 0 Å². The maximum atomic E-state index is 11.6. The highest BCUT2D eigenvalue weighted by Gasteiger charge is 2.37. The largest absolute Gasteiger partial charge is 0.444 e. The third kappa shape index (κ3) is 3.64. The molecule has 0 aromatic heterocycles. The molecule has 0 bridgehead atoms. The van der Waals surface area contributed by atoms with Crippen molar-refractivity contribution >= 4 is 6.09 Å². The van der Waals surface area contributed by atoms with E-state index < -0.39 is 11.7 Å². The van der Waals surface area contributed by atoms with E-state index >= 15 is 0 Å². The van der Waals surface area contributed by atoms with Crippen molar-refractivity contribution in [1.82, 2.24) is 4.90 Å². The van der Waals surface area contributed by atoms with E-state index in [1.165, 1.54) is 0 Å². The molecule has 0 spiro atoms. The fourth-order valence-corrected chi connectivity index (χ4v) is 1.64. The van der Waals surface area contributed by atoms with Crippen molar-refractivity contribution in [2.75, 3.05) is 19.6 Å². The quantitative estimate of drug-likeness (QED) is 0.743. The van der Waals surface area contributed by atoms with Gasteiger partial charge in [0.15, 0.2) is 0 Å². The van der Waals surface area contributed by atoms with Gasteiger partial charge in [0.25, 0.3) is 0 Å². The molecule has 1 rings (SSSR count). The van der Waals surface area contributed by atoms with Gasteiger partial charge in [0, 0.05) is 19.0 Å². The van der Waals surface area contributed by atoms with Gasteiger partial charge in [0.1, 0.15) is 5.60 Å². The van der Waals surface area contributed by atoms with Gasteiger partial charge in [-0.25, -0.2) is 4.79 Å². The van der Waals surface area contributed by atoms with Gasteiger partial charge in [0.05, 0.1) is 6.10 Å². The van der Waals surface area contributed by atoms with Crippen LogP contribution in [0.2, 0.25) is 0 Å². The van der Waals surface area contributed by atoms with Crippen LogP contribution >= 0.6 is 0 Å². The summed E-state index contributed by atoms with van der Waals surface area (Å²) in [5, 5.41) is 9.64. The van der Waals surface area contributed by atoms with Gasteiger partial charge in [-0.1, -0.05) is 0 Å². The van der Waals surface area contributed by atoms with Crippen molar-refractivity contribution in [2.24, 2.45) is 11.7 Å². The van der Waals surface area contributed by atoms with E-state index in [-0.39, 0.29) is 12.0 Å². The zero-order valence-corrected chi connectivity index (χ0v) is 10.3. The first kappa shape index (κ1) is 13.3. The summed E-state index contributed by atoms with van der Waals surface area (Å²) in [5.74, 6) is 0.149. The zero-order chi connectivity index (χ0) is 12.3. The van der Waals surface area contributed by atoms with Gasteiger partial charge in [-0.15, -0.1) is 0 Å². The highest BCUT2D eigenvalue weighted by atomic mass is 16.6. The summed E-state index contributed by atoms with van der Waals surface area (Å²) in [6.45, 7) is 7.12. The van der Waals surface area contributed by atoms with Crippen LogP contribution < -0.4 is 5.73 Å². The van der Waals surface area contributed by atoms with Crippen LogP contribution in [-0.4, -0.2) is 47.4 Å². The van der Waals surface area contributed by atoms with Gasteiger partial charge < -0.3 is 20.5 Å². The molecule has 0 aliphatic carbocycles. The summed E-state index contributed by atoms with van der Waals surface area (Å²) >= 11 is 0. The smallest absolute Gasteiger partial charge is 0.410 e. The molecule has 1 saturated heterocycles. The van der Waals surface area contributed by atoms with Crippen LogP contribution in [0.5, 0.6) is 0 Å². The van der Waals surface area contributed by atoms with E-state index in [1.54, 1.807) is 4.90 Å². The van der Waals surface area contributed by atoms with Gasteiger partial charge >= 0.3 is 6.09 Å². The third-order valence-corrected chi connectivity index (χ3v) is 2.57. The summed E-state index contributed by atoms with van der Waals surface area (Å²) in [4.78, 5) is 13.2. The van der Waals surface area contributed by atoms with Crippen LogP contribution in [0.4, 0.5) is 4.79 Å². The van der Waals surface area contributed by atoms with Crippen LogP contribution in [-0.2, 0) is 4.74 Å². The van der Waals surface area contributed by atoms with Crippen molar-refractivity contribution in [3.8, 4) is 0 Å². The predicted molar refractivity (Wildman–Crippen MR) is 61.0 cm³/mol. The van der Waals surface area contributed by atoms with Crippen molar-refractivity contribution in [3.63, 3.8) is 0 Å². The van der Waals surface area contributed by atoms with Crippen molar-refractivity contribution < 1.29 is 14.6 Å². The Morgan fingerprint density at radius 1 is 1.56 bits per heavy atom. The summed E-state index contributed by atoms with van der Waals surface area (Å²) in [6.07, 6.45) is -0.111. The molecule has 0 saturated carbocycles. The Morgan fingerprint density at radius 3 is 2.56 bits per heavy atom. The van der Waals surface area contributed by atoms with E-state index in [4.69, 9.17) is 10.5 Å². The lowest BCUT2D eigenvalue weighted by molar-refractivity contribution is -0.0316. The molecule has 16 heavy (non-hydrogen) atoms. The molecular weight excluding hydrogens is 208 g/mol. The second kappa shape index (κ2) is 5.01. The number of amides is 1. The molecule has 1 atom stereocenters.